The van der Waals surface area contributed by atoms with E-state index in [1.165, 1.54) is 4.90 Å². The van der Waals surface area contributed by atoms with E-state index in [0.717, 1.165) is 5.69 Å². The SMILES string of the molecule is CCOC(=O)CN(C(=O)c1c(C)nn(C)c1C)C(C)C. The lowest BCUT2D eigenvalue weighted by Crippen LogP contribution is -2.41. The number of aromatic nitrogens is 2. The van der Waals surface area contributed by atoms with Crippen LogP contribution in [0.25, 0.3) is 0 Å². The first kappa shape index (κ1) is 16.2. The number of nitrogens with zero attached hydrogens (tertiary/aromatic N) is 3. The summed E-state index contributed by atoms with van der Waals surface area (Å²) in [4.78, 5) is 25.8. The monoisotopic (exact) mass is 281 g/mol. The van der Waals surface area contributed by atoms with E-state index in [1.54, 1.807) is 25.6 Å². The molecule has 0 saturated carbocycles. The molecule has 0 bridgehead atoms. The van der Waals surface area contributed by atoms with Crippen LogP contribution in [0.5, 0.6) is 0 Å². The largest absolute Gasteiger partial charge is 0.465 e. The molecule has 1 rings (SSSR count). The zero-order valence-electron chi connectivity index (χ0n) is 13.1. The molecule has 0 aliphatic rings. The topological polar surface area (TPSA) is 64.4 Å². The van der Waals surface area contributed by atoms with Crippen LogP contribution in [0, 0.1) is 13.8 Å². The van der Waals surface area contributed by atoms with Crippen molar-refractivity contribution >= 4 is 11.9 Å². The minimum Gasteiger partial charge on any atom is -0.465 e. The van der Waals surface area contributed by atoms with Gasteiger partial charge in [-0.3, -0.25) is 14.3 Å². The summed E-state index contributed by atoms with van der Waals surface area (Å²) in [5, 5.41) is 4.24. The quantitative estimate of drug-likeness (QED) is 0.766. The van der Waals surface area contributed by atoms with Gasteiger partial charge in [-0.05, 0) is 34.6 Å². The highest BCUT2D eigenvalue weighted by molar-refractivity contribution is 5.98. The Morgan fingerprint density at radius 1 is 1.35 bits per heavy atom. The molecule has 112 valence electrons. The van der Waals surface area contributed by atoms with Crippen molar-refractivity contribution in [1.82, 2.24) is 14.7 Å². The Bertz CT molecular complexity index is 506. The summed E-state index contributed by atoms with van der Waals surface area (Å²) in [6.07, 6.45) is 0. The molecule has 0 N–H and O–H groups in total. The van der Waals surface area contributed by atoms with Crippen molar-refractivity contribution in [3.63, 3.8) is 0 Å². The summed E-state index contributed by atoms with van der Waals surface area (Å²) >= 11 is 0. The fraction of sp³-hybridized carbons (Fsp3) is 0.643. The second kappa shape index (κ2) is 6.54. The summed E-state index contributed by atoms with van der Waals surface area (Å²) < 4.78 is 6.59. The van der Waals surface area contributed by atoms with Gasteiger partial charge < -0.3 is 9.64 Å². The normalized spacial score (nSPS) is 10.8. The van der Waals surface area contributed by atoms with Crippen LogP contribution < -0.4 is 0 Å². The standard InChI is InChI=1S/C14H23N3O3/c1-7-20-12(18)8-17(9(2)3)14(19)13-10(4)15-16(6)11(13)5/h9H,7-8H2,1-6H3. The Balaban J connectivity index is 3.03. The van der Waals surface area contributed by atoms with E-state index in [4.69, 9.17) is 4.74 Å². The van der Waals surface area contributed by atoms with Crippen LogP contribution in [-0.4, -0.2) is 45.8 Å². The van der Waals surface area contributed by atoms with Gasteiger partial charge in [0.15, 0.2) is 0 Å². The predicted molar refractivity (Wildman–Crippen MR) is 75.5 cm³/mol. The molecule has 0 atom stereocenters. The van der Waals surface area contributed by atoms with Crippen molar-refractivity contribution in [1.29, 1.82) is 0 Å². The third-order valence-corrected chi connectivity index (χ3v) is 3.21. The maximum Gasteiger partial charge on any atom is 0.325 e. The molecule has 1 aromatic rings. The molecule has 1 aromatic heterocycles. The highest BCUT2D eigenvalue weighted by atomic mass is 16.5. The summed E-state index contributed by atoms with van der Waals surface area (Å²) in [7, 11) is 1.80. The predicted octanol–water partition coefficient (Wildman–Crippen LogP) is 1.45. The van der Waals surface area contributed by atoms with Gasteiger partial charge in [-0.25, -0.2) is 0 Å². The molecule has 1 amide bonds. The minimum atomic E-state index is -0.395. The Morgan fingerprint density at radius 2 is 1.95 bits per heavy atom. The van der Waals surface area contributed by atoms with Gasteiger partial charge in [-0.2, -0.15) is 5.10 Å². The summed E-state index contributed by atoms with van der Waals surface area (Å²) in [6, 6.07) is -0.0917. The molecule has 0 fully saturated rings. The van der Waals surface area contributed by atoms with Gasteiger partial charge in [0.2, 0.25) is 0 Å². The van der Waals surface area contributed by atoms with Crippen LogP contribution in [0.4, 0.5) is 0 Å². The fourth-order valence-corrected chi connectivity index (χ4v) is 2.06. The molecule has 6 nitrogen and oxygen atoms in total. The maximum atomic E-state index is 12.6. The first-order valence-electron chi connectivity index (χ1n) is 6.76. The Hall–Kier alpha value is -1.85. The zero-order chi connectivity index (χ0) is 15.4. The van der Waals surface area contributed by atoms with Crippen molar-refractivity contribution in [3.05, 3.63) is 17.0 Å². The van der Waals surface area contributed by atoms with Gasteiger partial charge >= 0.3 is 5.97 Å². The number of hydrogen-bond donors (Lipinski definition) is 0. The van der Waals surface area contributed by atoms with Gasteiger partial charge in [-0.15, -0.1) is 0 Å². The van der Waals surface area contributed by atoms with Crippen LogP contribution in [0.15, 0.2) is 0 Å². The smallest absolute Gasteiger partial charge is 0.325 e. The van der Waals surface area contributed by atoms with Crippen molar-refractivity contribution in [3.8, 4) is 0 Å². The second-order valence-corrected chi connectivity index (χ2v) is 5.00. The van der Waals surface area contributed by atoms with E-state index in [1.807, 2.05) is 20.8 Å². The van der Waals surface area contributed by atoms with Gasteiger partial charge in [0.1, 0.15) is 6.54 Å². The molecule has 1 heterocycles. The van der Waals surface area contributed by atoms with E-state index in [-0.39, 0.29) is 18.5 Å². The Labute approximate surface area is 119 Å². The first-order valence-corrected chi connectivity index (χ1v) is 6.76. The lowest BCUT2D eigenvalue weighted by atomic mass is 10.1. The van der Waals surface area contributed by atoms with Crippen LogP contribution in [0.1, 0.15) is 42.5 Å². The number of ether oxygens (including phenoxy) is 1. The molecule has 0 radical (unpaired) electrons. The second-order valence-electron chi connectivity index (χ2n) is 5.00. The van der Waals surface area contributed by atoms with Crippen LogP contribution in [0.2, 0.25) is 0 Å². The zero-order valence-corrected chi connectivity index (χ0v) is 13.1. The molecule has 0 aliphatic heterocycles. The first-order chi connectivity index (χ1) is 9.29. The Morgan fingerprint density at radius 3 is 2.35 bits per heavy atom. The summed E-state index contributed by atoms with van der Waals surface area (Å²) in [5.41, 5.74) is 2.03. The molecular formula is C14H23N3O3. The lowest BCUT2D eigenvalue weighted by molar-refractivity contribution is -0.144. The number of esters is 1. The molecule has 0 saturated heterocycles. The highest BCUT2D eigenvalue weighted by Gasteiger charge is 2.26. The number of amides is 1. The number of hydrogen-bond acceptors (Lipinski definition) is 4. The molecule has 0 aliphatic carbocycles. The lowest BCUT2D eigenvalue weighted by Gasteiger charge is -2.25. The number of carbonyl (C=O) groups is 2. The molecule has 20 heavy (non-hydrogen) atoms. The third kappa shape index (κ3) is 3.37. The van der Waals surface area contributed by atoms with E-state index < -0.39 is 5.97 Å². The van der Waals surface area contributed by atoms with Gasteiger partial charge in [-0.1, -0.05) is 0 Å². The van der Waals surface area contributed by atoms with Gasteiger partial charge in [0.05, 0.1) is 17.9 Å². The average molecular weight is 281 g/mol. The number of aryl methyl sites for hydroxylation is 2. The number of carbonyl (C=O) groups excluding carboxylic acids is 2. The molecule has 0 aromatic carbocycles. The minimum absolute atomic E-state index is 0.0435. The van der Waals surface area contributed by atoms with Crippen molar-refractivity contribution in [2.75, 3.05) is 13.2 Å². The Kier molecular flexibility index (Phi) is 5.30. The van der Waals surface area contributed by atoms with Crippen molar-refractivity contribution < 1.29 is 14.3 Å². The van der Waals surface area contributed by atoms with Crippen LogP contribution >= 0.6 is 0 Å². The van der Waals surface area contributed by atoms with E-state index in [0.29, 0.717) is 17.9 Å². The third-order valence-electron chi connectivity index (χ3n) is 3.21. The molecular weight excluding hydrogens is 258 g/mol. The van der Waals surface area contributed by atoms with Gasteiger partial charge in [0, 0.05) is 18.8 Å². The van der Waals surface area contributed by atoms with Crippen LogP contribution in [-0.2, 0) is 16.6 Å². The maximum absolute atomic E-state index is 12.6. The highest BCUT2D eigenvalue weighted by Crippen LogP contribution is 2.16. The number of rotatable bonds is 5. The van der Waals surface area contributed by atoms with Crippen molar-refractivity contribution in [2.24, 2.45) is 7.05 Å². The molecule has 0 spiro atoms. The van der Waals surface area contributed by atoms with E-state index in [9.17, 15) is 9.59 Å². The summed E-state index contributed by atoms with van der Waals surface area (Å²) in [6.45, 7) is 9.40. The fourth-order valence-electron chi connectivity index (χ4n) is 2.06. The van der Waals surface area contributed by atoms with Gasteiger partial charge in [0.25, 0.3) is 5.91 Å². The average Bonchev–Trinajstić information content (AvgIpc) is 2.59. The van der Waals surface area contributed by atoms with Crippen LogP contribution in [0.3, 0.4) is 0 Å². The van der Waals surface area contributed by atoms with Crippen molar-refractivity contribution in [2.45, 2.75) is 40.7 Å². The molecule has 6 heteroatoms. The summed E-state index contributed by atoms with van der Waals surface area (Å²) in [5.74, 6) is -0.579. The van der Waals surface area contributed by atoms with E-state index >= 15 is 0 Å². The molecule has 0 unspecified atom stereocenters. The van der Waals surface area contributed by atoms with E-state index in [2.05, 4.69) is 5.10 Å².